The van der Waals surface area contributed by atoms with Crippen LogP contribution in [0.25, 0.3) is 0 Å². The summed E-state index contributed by atoms with van der Waals surface area (Å²) in [6.45, 7) is 2.24. The Kier molecular flexibility index (Phi) is 6.54. The number of sulfonamides is 1. The summed E-state index contributed by atoms with van der Waals surface area (Å²) in [6.07, 6.45) is 0.743. The van der Waals surface area contributed by atoms with E-state index in [4.69, 9.17) is 0 Å². The van der Waals surface area contributed by atoms with Gasteiger partial charge in [-0.15, -0.1) is 12.4 Å². The van der Waals surface area contributed by atoms with Crippen molar-refractivity contribution in [2.75, 3.05) is 26.2 Å². The number of hydrogen-bond donors (Lipinski definition) is 1. The standard InChI is InChI=1S/C11H14BrN3O4S.ClH/c12-10-8-9(2-3-11(10)15(16)17)20(18,19)14-6-1-4-13-5-7-14;/h2-3,8,13H,1,4-7H2;1H. The number of benzene rings is 1. The summed E-state index contributed by atoms with van der Waals surface area (Å²) in [7, 11) is -3.61. The Bertz CT molecular complexity index is 618. The predicted molar refractivity (Wildman–Crippen MR) is 84.3 cm³/mol. The number of hydrogen-bond acceptors (Lipinski definition) is 5. The van der Waals surface area contributed by atoms with Gasteiger partial charge in [0.2, 0.25) is 10.0 Å². The van der Waals surface area contributed by atoms with Gasteiger partial charge in [0.25, 0.3) is 5.69 Å². The van der Waals surface area contributed by atoms with Gasteiger partial charge in [-0.2, -0.15) is 4.31 Å². The molecule has 1 heterocycles. The van der Waals surface area contributed by atoms with Crippen LogP contribution in [0.15, 0.2) is 27.6 Å². The molecule has 0 unspecified atom stereocenters. The minimum Gasteiger partial charge on any atom is -0.315 e. The maximum Gasteiger partial charge on any atom is 0.283 e. The number of nitrogens with zero attached hydrogens (tertiary/aromatic N) is 2. The quantitative estimate of drug-likeness (QED) is 0.616. The summed E-state index contributed by atoms with van der Waals surface area (Å²) < 4.78 is 26.5. The molecule has 0 amide bonds. The molecule has 10 heteroatoms. The van der Waals surface area contributed by atoms with Crippen molar-refractivity contribution in [2.24, 2.45) is 0 Å². The van der Waals surface area contributed by atoms with Crippen LogP contribution in [0.3, 0.4) is 0 Å². The first-order valence-electron chi connectivity index (χ1n) is 6.08. The second-order valence-electron chi connectivity index (χ2n) is 4.38. The Morgan fingerprint density at radius 2 is 2.00 bits per heavy atom. The fraction of sp³-hybridized carbons (Fsp3) is 0.455. The van der Waals surface area contributed by atoms with Crippen LogP contribution in [0, 0.1) is 10.1 Å². The van der Waals surface area contributed by atoms with Gasteiger partial charge in [0.05, 0.1) is 14.3 Å². The van der Waals surface area contributed by atoms with E-state index < -0.39 is 14.9 Å². The lowest BCUT2D eigenvalue weighted by molar-refractivity contribution is -0.385. The van der Waals surface area contributed by atoms with Crippen molar-refractivity contribution in [1.82, 2.24) is 9.62 Å². The summed E-state index contributed by atoms with van der Waals surface area (Å²) in [4.78, 5) is 10.2. The monoisotopic (exact) mass is 399 g/mol. The van der Waals surface area contributed by atoms with Crippen molar-refractivity contribution in [3.05, 3.63) is 32.8 Å². The molecule has 1 N–H and O–H groups in total. The van der Waals surface area contributed by atoms with Gasteiger partial charge < -0.3 is 5.32 Å². The summed E-state index contributed by atoms with van der Waals surface area (Å²) in [5.74, 6) is 0. The van der Waals surface area contributed by atoms with E-state index in [-0.39, 0.29) is 27.5 Å². The average Bonchev–Trinajstić information content (AvgIpc) is 2.67. The van der Waals surface area contributed by atoms with E-state index >= 15 is 0 Å². The van der Waals surface area contributed by atoms with Crippen LogP contribution in [0.2, 0.25) is 0 Å². The minimum absolute atomic E-state index is 0. The van der Waals surface area contributed by atoms with Crippen LogP contribution in [0.1, 0.15) is 6.42 Å². The molecule has 1 aromatic carbocycles. The summed E-state index contributed by atoms with van der Waals surface area (Å²) in [5.41, 5.74) is -0.151. The molecule has 0 saturated carbocycles. The Morgan fingerprint density at radius 1 is 1.29 bits per heavy atom. The highest BCUT2D eigenvalue weighted by Crippen LogP contribution is 2.28. The van der Waals surface area contributed by atoms with Gasteiger partial charge in [-0.3, -0.25) is 10.1 Å². The fourth-order valence-electron chi connectivity index (χ4n) is 2.01. The SMILES string of the molecule is Cl.O=[N+]([O-])c1ccc(S(=O)(=O)N2CCCNCC2)cc1Br. The topological polar surface area (TPSA) is 92.5 Å². The molecule has 0 aliphatic carbocycles. The van der Waals surface area contributed by atoms with Gasteiger partial charge in [0, 0.05) is 25.7 Å². The van der Waals surface area contributed by atoms with E-state index in [1.165, 1.54) is 22.5 Å². The molecule has 0 radical (unpaired) electrons. The molecule has 1 fully saturated rings. The number of halogens is 2. The first kappa shape index (κ1) is 18.3. The summed E-state index contributed by atoms with van der Waals surface area (Å²) in [6, 6.07) is 3.76. The largest absolute Gasteiger partial charge is 0.315 e. The van der Waals surface area contributed by atoms with Gasteiger partial charge in [-0.25, -0.2) is 8.42 Å². The highest BCUT2D eigenvalue weighted by molar-refractivity contribution is 9.10. The highest BCUT2D eigenvalue weighted by atomic mass is 79.9. The first-order chi connectivity index (χ1) is 9.43. The van der Waals surface area contributed by atoms with Crippen molar-refractivity contribution in [2.45, 2.75) is 11.3 Å². The Labute approximate surface area is 137 Å². The van der Waals surface area contributed by atoms with E-state index in [2.05, 4.69) is 21.2 Å². The van der Waals surface area contributed by atoms with Crippen LogP contribution in [0.5, 0.6) is 0 Å². The van der Waals surface area contributed by atoms with Crippen molar-refractivity contribution >= 4 is 44.0 Å². The minimum atomic E-state index is -3.61. The third-order valence-electron chi connectivity index (χ3n) is 3.05. The van der Waals surface area contributed by atoms with E-state index in [1.807, 2.05) is 0 Å². The third kappa shape index (κ3) is 4.13. The molecule has 1 aliphatic heterocycles. The van der Waals surface area contributed by atoms with Crippen molar-refractivity contribution < 1.29 is 13.3 Å². The molecule has 2 rings (SSSR count). The second-order valence-corrected chi connectivity index (χ2v) is 7.17. The van der Waals surface area contributed by atoms with Crippen molar-refractivity contribution in [3.8, 4) is 0 Å². The van der Waals surface area contributed by atoms with Crippen LogP contribution in [-0.2, 0) is 10.0 Å². The number of nitro groups is 1. The fourth-order valence-corrected chi connectivity index (χ4v) is 4.19. The molecule has 21 heavy (non-hydrogen) atoms. The molecule has 1 saturated heterocycles. The van der Waals surface area contributed by atoms with E-state index in [9.17, 15) is 18.5 Å². The molecule has 0 aromatic heterocycles. The maximum atomic E-state index is 12.5. The molecule has 0 bridgehead atoms. The molecule has 0 atom stereocenters. The zero-order valence-corrected chi connectivity index (χ0v) is 14.2. The molecule has 1 aliphatic rings. The number of rotatable bonds is 3. The smallest absolute Gasteiger partial charge is 0.283 e. The summed E-state index contributed by atoms with van der Waals surface area (Å²) in [5, 5.41) is 13.9. The summed E-state index contributed by atoms with van der Waals surface area (Å²) >= 11 is 3.04. The molecule has 7 nitrogen and oxygen atoms in total. The third-order valence-corrected chi connectivity index (χ3v) is 5.58. The molecule has 118 valence electrons. The van der Waals surface area contributed by atoms with Gasteiger partial charge in [-0.05, 0) is 41.0 Å². The Hall–Kier alpha value is -0.740. The lowest BCUT2D eigenvalue weighted by Gasteiger charge is -2.19. The van der Waals surface area contributed by atoms with E-state index in [0.717, 1.165) is 13.0 Å². The first-order valence-corrected chi connectivity index (χ1v) is 8.31. The lowest BCUT2D eigenvalue weighted by atomic mass is 10.3. The highest BCUT2D eigenvalue weighted by Gasteiger charge is 2.26. The van der Waals surface area contributed by atoms with E-state index in [1.54, 1.807) is 0 Å². The number of nitro benzene ring substituents is 1. The molecular formula is C11H15BrClN3O4S. The van der Waals surface area contributed by atoms with Crippen molar-refractivity contribution in [1.29, 1.82) is 0 Å². The lowest BCUT2D eigenvalue weighted by Crippen LogP contribution is -2.34. The van der Waals surface area contributed by atoms with Crippen LogP contribution < -0.4 is 5.32 Å². The maximum absolute atomic E-state index is 12.5. The van der Waals surface area contributed by atoms with Gasteiger partial charge in [-0.1, -0.05) is 0 Å². The normalized spacial score (nSPS) is 16.8. The Morgan fingerprint density at radius 3 is 2.62 bits per heavy atom. The zero-order valence-electron chi connectivity index (χ0n) is 11.0. The Balaban J connectivity index is 0.00000220. The van der Waals surface area contributed by atoms with Gasteiger partial charge >= 0.3 is 0 Å². The van der Waals surface area contributed by atoms with Crippen LogP contribution in [-0.4, -0.2) is 43.8 Å². The average molecular weight is 401 g/mol. The zero-order chi connectivity index (χ0) is 14.8. The van der Waals surface area contributed by atoms with Crippen LogP contribution in [0.4, 0.5) is 5.69 Å². The van der Waals surface area contributed by atoms with E-state index in [0.29, 0.717) is 19.6 Å². The number of nitrogens with one attached hydrogen (secondary N) is 1. The molecular weight excluding hydrogens is 386 g/mol. The predicted octanol–water partition coefficient (Wildman–Crippen LogP) is 1.76. The molecule has 0 spiro atoms. The molecule has 1 aromatic rings. The van der Waals surface area contributed by atoms with Gasteiger partial charge in [0.15, 0.2) is 0 Å². The van der Waals surface area contributed by atoms with Crippen molar-refractivity contribution in [3.63, 3.8) is 0 Å². The van der Waals surface area contributed by atoms with Gasteiger partial charge in [0.1, 0.15) is 0 Å². The van der Waals surface area contributed by atoms with Crippen LogP contribution >= 0.6 is 28.3 Å². The second kappa shape index (κ2) is 7.50.